The lowest BCUT2D eigenvalue weighted by Gasteiger charge is -2.28. The lowest BCUT2D eigenvalue weighted by molar-refractivity contribution is 0.358. The number of benzene rings is 1. The van der Waals surface area contributed by atoms with Crippen LogP contribution < -0.4 is 5.32 Å². The molecule has 2 unspecified atom stereocenters. The third kappa shape index (κ3) is 2.79. The molecule has 1 fully saturated rings. The summed E-state index contributed by atoms with van der Waals surface area (Å²) < 4.78 is 15.5. The van der Waals surface area contributed by atoms with E-state index in [4.69, 9.17) is 0 Å². The van der Waals surface area contributed by atoms with Crippen molar-refractivity contribution in [3.8, 4) is 5.69 Å². The predicted octanol–water partition coefficient (Wildman–Crippen LogP) is 2.79. The Morgan fingerprint density at radius 1 is 1.35 bits per heavy atom. The lowest BCUT2D eigenvalue weighted by Crippen LogP contribution is -2.26. The van der Waals surface area contributed by atoms with Gasteiger partial charge in [0.25, 0.3) is 0 Å². The molecule has 1 aliphatic rings. The fourth-order valence-corrected chi connectivity index (χ4v) is 2.83. The average Bonchev–Trinajstić information content (AvgIpc) is 2.95. The number of aromatic nitrogens is 4. The Morgan fingerprint density at radius 3 is 3.00 bits per heavy atom. The molecule has 0 aliphatic heterocycles. The van der Waals surface area contributed by atoms with Crippen LogP contribution in [-0.2, 0) is 0 Å². The van der Waals surface area contributed by atoms with Gasteiger partial charge >= 0.3 is 0 Å². The molecule has 1 aromatic heterocycles. The van der Waals surface area contributed by atoms with Crippen LogP contribution in [0.15, 0.2) is 24.5 Å². The first-order valence-electron chi connectivity index (χ1n) is 7.02. The van der Waals surface area contributed by atoms with Crippen molar-refractivity contribution in [1.82, 2.24) is 20.2 Å². The number of halogens is 1. The molecule has 0 saturated heterocycles. The molecule has 6 heteroatoms. The summed E-state index contributed by atoms with van der Waals surface area (Å²) in [5.74, 6) is 0.465. The van der Waals surface area contributed by atoms with Crippen LogP contribution in [0.3, 0.4) is 0 Å². The maximum atomic E-state index is 13.9. The average molecular weight is 275 g/mol. The Hall–Kier alpha value is -1.98. The summed E-state index contributed by atoms with van der Waals surface area (Å²) in [6, 6.07) is 5.22. The van der Waals surface area contributed by atoms with Gasteiger partial charge in [0.15, 0.2) is 0 Å². The maximum Gasteiger partial charge on any atom is 0.146 e. The van der Waals surface area contributed by atoms with Gasteiger partial charge in [-0.25, -0.2) is 9.07 Å². The quantitative estimate of drug-likeness (QED) is 0.935. The van der Waals surface area contributed by atoms with Crippen molar-refractivity contribution >= 4 is 5.69 Å². The molecule has 1 saturated carbocycles. The fourth-order valence-electron chi connectivity index (χ4n) is 2.83. The van der Waals surface area contributed by atoms with Gasteiger partial charge < -0.3 is 5.32 Å². The fraction of sp³-hybridized carbons (Fsp3) is 0.500. The van der Waals surface area contributed by atoms with Crippen LogP contribution in [0.1, 0.15) is 32.6 Å². The third-order valence-corrected chi connectivity index (χ3v) is 3.86. The Morgan fingerprint density at radius 2 is 2.25 bits per heavy atom. The summed E-state index contributed by atoms with van der Waals surface area (Å²) in [6.07, 6.45) is 6.16. The smallest absolute Gasteiger partial charge is 0.146 e. The number of rotatable bonds is 3. The minimum absolute atomic E-state index is 0.236. The number of tetrazole rings is 1. The third-order valence-electron chi connectivity index (χ3n) is 3.86. The van der Waals surface area contributed by atoms with E-state index in [1.54, 1.807) is 12.1 Å². The highest BCUT2D eigenvalue weighted by Gasteiger charge is 2.19. The molecule has 1 aliphatic carbocycles. The normalized spacial score (nSPS) is 22.7. The molecule has 0 bridgehead atoms. The number of hydrogen-bond donors (Lipinski definition) is 1. The Kier molecular flexibility index (Phi) is 3.62. The van der Waals surface area contributed by atoms with Gasteiger partial charge in [0.05, 0.1) is 11.4 Å². The van der Waals surface area contributed by atoms with E-state index in [9.17, 15) is 4.39 Å². The number of anilines is 1. The Balaban J connectivity index is 1.80. The summed E-state index contributed by atoms with van der Waals surface area (Å²) in [5, 5.41) is 14.3. The van der Waals surface area contributed by atoms with Crippen molar-refractivity contribution in [2.45, 2.75) is 38.6 Å². The summed E-state index contributed by atoms with van der Waals surface area (Å²) in [7, 11) is 0. The number of nitrogens with zero attached hydrogens (tertiary/aromatic N) is 4. The highest BCUT2D eigenvalue weighted by molar-refractivity contribution is 5.52. The predicted molar refractivity (Wildman–Crippen MR) is 74.2 cm³/mol. The zero-order chi connectivity index (χ0) is 13.9. The first-order valence-corrected chi connectivity index (χ1v) is 7.02. The Labute approximate surface area is 117 Å². The van der Waals surface area contributed by atoms with Gasteiger partial charge in [-0.1, -0.05) is 19.8 Å². The van der Waals surface area contributed by atoms with Crippen LogP contribution in [0.4, 0.5) is 10.1 Å². The molecular formula is C14H18FN5. The minimum Gasteiger partial charge on any atom is -0.380 e. The van der Waals surface area contributed by atoms with Crippen molar-refractivity contribution in [1.29, 1.82) is 0 Å². The van der Waals surface area contributed by atoms with E-state index in [0.717, 1.165) is 18.5 Å². The molecule has 0 amide bonds. The molecule has 0 radical (unpaired) electrons. The summed E-state index contributed by atoms with van der Waals surface area (Å²) >= 11 is 0. The molecular weight excluding hydrogens is 257 g/mol. The van der Waals surface area contributed by atoms with E-state index >= 15 is 0 Å². The van der Waals surface area contributed by atoms with Gasteiger partial charge in [-0.15, -0.1) is 5.10 Å². The van der Waals surface area contributed by atoms with E-state index < -0.39 is 0 Å². The SMILES string of the molecule is CC1CCCC(Nc2cc(-n3cnnn3)ccc2F)C1. The van der Waals surface area contributed by atoms with Gasteiger partial charge in [-0.3, -0.25) is 0 Å². The molecule has 1 heterocycles. The van der Waals surface area contributed by atoms with Gasteiger partial charge in [-0.2, -0.15) is 0 Å². The van der Waals surface area contributed by atoms with Crippen molar-refractivity contribution in [3.63, 3.8) is 0 Å². The van der Waals surface area contributed by atoms with E-state index in [-0.39, 0.29) is 5.82 Å². The van der Waals surface area contributed by atoms with E-state index in [1.807, 2.05) is 0 Å². The van der Waals surface area contributed by atoms with Crippen LogP contribution in [-0.4, -0.2) is 26.2 Å². The largest absolute Gasteiger partial charge is 0.380 e. The van der Waals surface area contributed by atoms with Crippen molar-refractivity contribution in [2.24, 2.45) is 5.92 Å². The number of hydrogen-bond acceptors (Lipinski definition) is 4. The molecule has 1 aromatic carbocycles. The zero-order valence-corrected chi connectivity index (χ0v) is 11.5. The van der Waals surface area contributed by atoms with Crippen LogP contribution in [0.25, 0.3) is 5.69 Å². The molecule has 106 valence electrons. The second-order valence-electron chi connectivity index (χ2n) is 5.53. The van der Waals surface area contributed by atoms with Gasteiger partial charge in [0.2, 0.25) is 0 Å². The molecule has 20 heavy (non-hydrogen) atoms. The van der Waals surface area contributed by atoms with E-state index in [0.29, 0.717) is 17.6 Å². The molecule has 0 spiro atoms. The summed E-state index contributed by atoms with van der Waals surface area (Å²) in [6.45, 7) is 2.25. The minimum atomic E-state index is -0.236. The molecule has 1 N–H and O–H groups in total. The van der Waals surface area contributed by atoms with Crippen molar-refractivity contribution in [3.05, 3.63) is 30.3 Å². The monoisotopic (exact) mass is 275 g/mol. The lowest BCUT2D eigenvalue weighted by atomic mass is 9.87. The van der Waals surface area contributed by atoms with Gasteiger partial charge in [0, 0.05) is 6.04 Å². The van der Waals surface area contributed by atoms with Crippen LogP contribution >= 0.6 is 0 Å². The van der Waals surface area contributed by atoms with Gasteiger partial charge in [0.1, 0.15) is 12.1 Å². The van der Waals surface area contributed by atoms with Crippen molar-refractivity contribution < 1.29 is 4.39 Å². The highest BCUT2D eigenvalue weighted by atomic mass is 19.1. The first-order chi connectivity index (χ1) is 9.72. The highest BCUT2D eigenvalue weighted by Crippen LogP contribution is 2.27. The molecule has 5 nitrogen and oxygen atoms in total. The second-order valence-corrected chi connectivity index (χ2v) is 5.53. The summed E-state index contributed by atoms with van der Waals surface area (Å²) in [5.41, 5.74) is 1.28. The molecule has 2 aromatic rings. The number of nitrogens with one attached hydrogen (secondary N) is 1. The summed E-state index contributed by atoms with van der Waals surface area (Å²) in [4.78, 5) is 0. The second kappa shape index (κ2) is 5.56. The topological polar surface area (TPSA) is 55.6 Å². The Bertz CT molecular complexity index is 569. The first kappa shape index (κ1) is 13.0. The van der Waals surface area contributed by atoms with E-state index in [1.165, 1.54) is 29.9 Å². The van der Waals surface area contributed by atoms with Crippen LogP contribution in [0.2, 0.25) is 0 Å². The standard InChI is InChI=1S/C14H18FN5/c1-10-3-2-4-11(7-10)17-14-8-12(5-6-13(14)15)20-9-16-18-19-20/h5-6,8-11,17H,2-4,7H2,1H3. The molecule has 2 atom stereocenters. The van der Waals surface area contributed by atoms with E-state index in [2.05, 4.69) is 27.8 Å². The van der Waals surface area contributed by atoms with Crippen LogP contribution in [0.5, 0.6) is 0 Å². The maximum absolute atomic E-state index is 13.9. The van der Waals surface area contributed by atoms with Gasteiger partial charge in [-0.05, 0) is 47.4 Å². The van der Waals surface area contributed by atoms with Crippen LogP contribution in [0, 0.1) is 11.7 Å². The van der Waals surface area contributed by atoms with Crippen molar-refractivity contribution in [2.75, 3.05) is 5.32 Å². The zero-order valence-electron chi connectivity index (χ0n) is 11.5. The molecule has 3 rings (SSSR count).